The van der Waals surface area contributed by atoms with E-state index < -0.39 is 0 Å². The summed E-state index contributed by atoms with van der Waals surface area (Å²) in [6.07, 6.45) is 4.08. The van der Waals surface area contributed by atoms with E-state index >= 15 is 0 Å². The number of nitrogens with one attached hydrogen (secondary N) is 1. The number of hydrogen-bond donors (Lipinski definition) is 1. The summed E-state index contributed by atoms with van der Waals surface area (Å²) >= 11 is 5.94. The second-order valence-corrected chi connectivity index (χ2v) is 5.99. The van der Waals surface area contributed by atoms with Crippen molar-refractivity contribution in [3.8, 4) is 0 Å². The molecule has 0 bridgehead atoms. The maximum absolute atomic E-state index is 12.4. The van der Waals surface area contributed by atoms with Crippen LogP contribution in [0.15, 0.2) is 12.3 Å². The van der Waals surface area contributed by atoms with Crippen molar-refractivity contribution < 1.29 is 4.79 Å². The normalized spacial score (nSPS) is 25.9. The molecule has 106 valence electrons. The van der Waals surface area contributed by atoms with Gasteiger partial charge in [0, 0.05) is 38.3 Å². The summed E-state index contributed by atoms with van der Waals surface area (Å²) in [5.41, 5.74) is 1.01. The van der Waals surface area contributed by atoms with Gasteiger partial charge in [-0.05, 0) is 25.5 Å². The zero-order chi connectivity index (χ0) is 12.8. The summed E-state index contributed by atoms with van der Waals surface area (Å²) in [4.78, 5) is 14.4. The van der Waals surface area contributed by atoms with Gasteiger partial charge in [0.25, 0.3) is 5.91 Å². The Kier molecular flexibility index (Phi) is 4.14. The molecular weight excluding hydrogens is 285 g/mol. The molecule has 3 heterocycles. The molecule has 2 aliphatic heterocycles. The Hall–Kier alpha value is -0.710. The first kappa shape index (κ1) is 14.7. The standard InChI is InChI=1S/C13H18ClN3O.ClH/c1-16-7-10(14)6-11(16)12(18)17-5-3-13(9-17)2-4-15-8-13;/h6-7,15H,2-5,8-9H2,1H3;1H. The van der Waals surface area contributed by atoms with Crippen molar-refractivity contribution in [3.05, 3.63) is 23.0 Å². The highest BCUT2D eigenvalue weighted by Crippen LogP contribution is 2.36. The van der Waals surface area contributed by atoms with Gasteiger partial charge < -0.3 is 14.8 Å². The van der Waals surface area contributed by atoms with Gasteiger partial charge in [0.2, 0.25) is 0 Å². The molecular formula is C13H19Cl2N3O. The molecule has 1 aromatic heterocycles. The predicted molar refractivity (Wildman–Crippen MR) is 78.1 cm³/mol. The number of halogens is 2. The van der Waals surface area contributed by atoms with Crippen LogP contribution in [0.2, 0.25) is 5.02 Å². The Morgan fingerprint density at radius 3 is 2.84 bits per heavy atom. The summed E-state index contributed by atoms with van der Waals surface area (Å²) in [6.45, 7) is 3.87. The van der Waals surface area contributed by atoms with Gasteiger partial charge in [-0.1, -0.05) is 11.6 Å². The van der Waals surface area contributed by atoms with Gasteiger partial charge in [0.05, 0.1) is 5.02 Å². The molecule has 0 aromatic carbocycles. The smallest absolute Gasteiger partial charge is 0.270 e. The third kappa shape index (κ3) is 2.62. The van der Waals surface area contributed by atoms with Gasteiger partial charge in [-0.2, -0.15) is 0 Å². The monoisotopic (exact) mass is 303 g/mol. The zero-order valence-corrected chi connectivity index (χ0v) is 12.6. The molecule has 3 rings (SSSR count). The summed E-state index contributed by atoms with van der Waals surface area (Å²) in [5, 5.41) is 4.03. The largest absolute Gasteiger partial charge is 0.345 e. The summed E-state index contributed by atoms with van der Waals surface area (Å²) in [6, 6.07) is 1.75. The van der Waals surface area contributed by atoms with Gasteiger partial charge in [-0.3, -0.25) is 4.79 Å². The van der Waals surface area contributed by atoms with E-state index in [0.29, 0.717) is 16.1 Å². The average molecular weight is 304 g/mol. The molecule has 1 aromatic rings. The number of nitrogens with zero attached hydrogens (tertiary/aromatic N) is 2. The molecule has 2 saturated heterocycles. The minimum Gasteiger partial charge on any atom is -0.345 e. The lowest BCUT2D eigenvalue weighted by Crippen LogP contribution is -2.34. The fourth-order valence-electron chi connectivity index (χ4n) is 3.15. The third-order valence-electron chi connectivity index (χ3n) is 4.25. The Labute approximate surface area is 124 Å². The Bertz CT molecular complexity index is 480. The number of carbonyl (C=O) groups excluding carboxylic acids is 1. The zero-order valence-electron chi connectivity index (χ0n) is 11.0. The molecule has 6 heteroatoms. The number of hydrogen-bond acceptors (Lipinski definition) is 2. The number of carbonyl (C=O) groups is 1. The molecule has 19 heavy (non-hydrogen) atoms. The van der Waals surface area contributed by atoms with Crippen molar-refractivity contribution in [3.63, 3.8) is 0 Å². The van der Waals surface area contributed by atoms with Crippen LogP contribution >= 0.6 is 24.0 Å². The topological polar surface area (TPSA) is 37.3 Å². The quantitative estimate of drug-likeness (QED) is 0.861. The van der Waals surface area contributed by atoms with E-state index in [-0.39, 0.29) is 18.3 Å². The van der Waals surface area contributed by atoms with Gasteiger partial charge in [-0.15, -0.1) is 12.4 Å². The maximum Gasteiger partial charge on any atom is 0.270 e. The fraction of sp³-hybridized carbons (Fsp3) is 0.615. The van der Waals surface area contributed by atoms with E-state index in [0.717, 1.165) is 32.6 Å². The van der Waals surface area contributed by atoms with Crippen molar-refractivity contribution in [1.29, 1.82) is 0 Å². The van der Waals surface area contributed by atoms with Crippen molar-refractivity contribution in [1.82, 2.24) is 14.8 Å². The summed E-state index contributed by atoms with van der Waals surface area (Å²) in [5.74, 6) is 0.105. The van der Waals surface area contributed by atoms with Crippen molar-refractivity contribution in [2.45, 2.75) is 12.8 Å². The Balaban J connectivity index is 0.00000133. The van der Waals surface area contributed by atoms with Crippen molar-refractivity contribution in [2.75, 3.05) is 26.2 Å². The molecule has 1 spiro atoms. The van der Waals surface area contributed by atoms with E-state index in [1.54, 1.807) is 12.3 Å². The minimum atomic E-state index is 0. The van der Waals surface area contributed by atoms with E-state index in [4.69, 9.17) is 11.6 Å². The van der Waals surface area contributed by atoms with Crippen LogP contribution < -0.4 is 5.32 Å². The van der Waals surface area contributed by atoms with Gasteiger partial charge >= 0.3 is 0 Å². The van der Waals surface area contributed by atoms with E-state index in [9.17, 15) is 4.79 Å². The van der Waals surface area contributed by atoms with E-state index in [1.807, 2.05) is 16.5 Å². The molecule has 1 N–H and O–H groups in total. The van der Waals surface area contributed by atoms with Crippen molar-refractivity contribution >= 4 is 29.9 Å². The lowest BCUT2D eigenvalue weighted by molar-refractivity contribution is 0.0766. The van der Waals surface area contributed by atoms with Crippen LogP contribution in [0.25, 0.3) is 0 Å². The number of likely N-dealkylation sites (tertiary alicyclic amines) is 1. The fourth-order valence-corrected chi connectivity index (χ4v) is 3.40. The number of aromatic nitrogens is 1. The molecule has 2 aliphatic rings. The maximum atomic E-state index is 12.4. The number of aryl methyl sites for hydroxylation is 1. The number of amides is 1. The highest BCUT2D eigenvalue weighted by Gasteiger charge is 2.42. The SMILES string of the molecule is Cl.Cn1cc(Cl)cc1C(=O)N1CCC2(CCNC2)C1. The number of rotatable bonds is 1. The first-order valence-corrected chi connectivity index (χ1v) is 6.79. The summed E-state index contributed by atoms with van der Waals surface area (Å²) < 4.78 is 1.81. The van der Waals surface area contributed by atoms with E-state index in [2.05, 4.69) is 5.32 Å². The van der Waals surface area contributed by atoms with Crippen LogP contribution in [0.4, 0.5) is 0 Å². The van der Waals surface area contributed by atoms with Gasteiger partial charge in [-0.25, -0.2) is 0 Å². The second-order valence-electron chi connectivity index (χ2n) is 5.56. The van der Waals surface area contributed by atoms with Gasteiger partial charge in [0.1, 0.15) is 5.69 Å². The molecule has 0 saturated carbocycles. The first-order chi connectivity index (χ1) is 8.60. The lowest BCUT2D eigenvalue weighted by atomic mass is 9.87. The van der Waals surface area contributed by atoms with Crippen LogP contribution in [-0.4, -0.2) is 41.6 Å². The molecule has 1 unspecified atom stereocenters. The molecule has 0 aliphatic carbocycles. The predicted octanol–water partition coefficient (Wildman–Crippen LogP) is 1.93. The second kappa shape index (κ2) is 5.35. The van der Waals surface area contributed by atoms with Crippen LogP contribution in [0.5, 0.6) is 0 Å². The molecule has 0 radical (unpaired) electrons. The van der Waals surface area contributed by atoms with Crippen LogP contribution in [0.1, 0.15) is 23.3 Å². The van der Waals surface area contributed by atoms with Gasteiger partial charge in [0.15, 0.2) is 0 Å². The molecule has 1 amide bonds. The Morgan fingerprint density at radius 1 is 1.47 bits per heavy atom. The average Bonchev–Trinajstić information content (AvgIpc) is 3.02. The molecule has 1 atom stereocenters. The first-order valence-electron chi connectivity index (χ1n) is 6.42. The Morgan fingerprint density at radius 2 is 2.26 bits per heavy atom. The highest BCUT2D eigenvalue weighted by molar-refractivity contribution is 6.31. The summed E-state index contributed by atoms with van der Waals surface area (Å²) in [7, 11) is 1.86. The van der Waals surface area contributed by atoms with Crippen LogP contribution in [-0.2, 0) is 7.05 Å². The highest BCUT2D eigenvalue weighted by atomic mass is 35.5. The minimum absolute atomic E-state index is 0. The van der Waals surface area contributed by atoms with Crippen LogP contribution in [0.3, 0.4) is 0 Å². The lowest BCUT2D eigenvalue weighted by Gasteiger charge is -2.22. The molecule has 4 nitrogen and oxygen atoms in total. The van der Waals surface area contributed by atoms with Crippen LogP contribution in [0, 0.1) is 5.41 Å². The third-order valence-corrected chi connectivity index (χ3v) is 4.46. The van der Waals surface area contributed by atoms with E-state index in [1.165, 1.54) is 6.42 Å². The molecule has 2 fully saturated rings. The van der Waals surface area contributed by atoms with Crippen molar-refractivity contribution in [2.24, 2.45) is 12.5 Å².